The van der Waals surface area contributed by atoms with E-state index in [4.69, 9.17) is 0 Å². The van der Waals surface area contributed by atoms with Gasteiger partial charge in [0, 0.05) is 47.5 Å². The molecule has 5 heterocycles. The van der Waals surface area contributed by atoms with Gasteiger partial charge in [-0.05, 0) is 48.4 Å². The Labute approximate surface area is 186 Å². The van der Waals surface area contributed by atoms with E-state index in [-0.39, 0.29) is 5.75 Å². The van der Waals surface area contributed by atoms with Gasteiger partial charge in [0.05, 0.1) is 10.9 Å². The third-order valence-electron chi connectivity index (χ3n) is 5.58. The van der Waals surface area contributed by atoms with Crippen LogP contribution in [0.3, 0.4) is 0 Å². The molecule has 0 saturated heterocycles. The highest BCUT2D eigenvalue weighted by atomic mass is 19.1. The fourth-order valence-electron chi connectivity index (χ4n) is 3.99. The molecule has 5 aromatic heterocycles. The number of hydrogen-bond donors (Lipinski definition) is 3. The number of imidazole rings is 1. The van der Waals surface area contributed by atoms with Gasteiger partial charge in [-0.2, -0.15) is 5.10 Å². The maximum absolute atomic E-state index is 13.9. The van der Waals surface area contributed by atoms with Crippen LogP contribution in [0.2, 0.25) is 0 Å². The number of phenolic OH excluding ortho intramolecular Hbond substituents is 1. The zero-order chi connectivity index (χ0) is 22.5. The Hall–Kier alpha value is -4.66. The van der Waals surface area contributed by atoms with Crippen molar-refractivity contribution in [3.63, 3.8) is 0 Å². The molecule has 3 N–H and O–H groups in total. The molecule has 0 atom stereocenters. The van der Waals surface area contributed by atoms with Gasteiger partial charge in [0.2, 0.25) is 0 Å². The molecule has 0 spiro atoms. The van der Waals surface area contributed by atoms with E-state index in [1.807, 2.05) is 25.3 Å². The second-order valence-electron chi connectivity index (χ2n) is 7.72. The Kier molecular flexibility index (Phi) is 4.16. The minimum atomic E-state index is -0.529. The van der Waals surface area contributed by atoms with Gasteiger partial charge < -0.3 is 10.1 Å². The number of aryl methyl sites for hydroxylation is 1. The van der Waals surface area contributed by atoms with E-state index >= 15 is 0 Å². The lowest BCUT2D eigenvalue weighted by Crippen LogP contribution is -1.87. The maximum Gasteiger partial charge on any atom is 0.181 e. The van der Waals surface area contributed by atoms with E-state index in [1.165, 1.54) is 12.1 Å². The van der Waals surface area contributed by atoms with E-state index in [1.54, 1.807) is 24.7 Å². The van der Waals surface area contributed by atoms with Crippen LogP contribution in [0.15, 0.2) is 61.2 Å². The number of aromatic nitrogens is 7. The molecule has 0 fully saturated rings. The molecule has 8 nitrogen and oxygen atoms in total. The summed E-state index contributed by atoms with van der Waals surface area (Å²) in [5, 5.41) is 17.9. The van der Waals surface area contributed by atoms with E-state index in [9.17, 15) is 9.50 Å². The third kappa shape index (κ3) is 3.18. The number of hydrogen-bond acceptors (Lipinski definition) is 6. The maximum atomic E-state index is 13.9. The van der Waals surface area contributed by atoms with Crippen molar-refractivity contribution in [2.45, 2.75) is 6.92 Å². The van der Waals surface area contributed by atoms with Crippen LogP contribution < -0.4 is 0 Å². The molecule has 0 amide bonds. The number of rotatable bonds is 3. The number of nitrogens with zero attached hydrogens (tertiary/aromatic N) is 5. The molecule has 6 aromatic rings. The fraction of sp³-hybridized carbons (Fsp3) is 0.0417. The summed E-state index contributed by atoms with van der Waals surface area (Å²) in [6.45, 7) is 2.02. The number of nitrogens with one attached hydrogen (secondary N) is 2. The molecule has 0 saturated carbocycles. The first-order chi connectivity index (χ1) is 16.1. The van der Waals surface area contributed by atoms with Crippen molar-refractivity contribution in [3.8, 4) is 39.5 Å². The Bertz CT molecular complexity index is 1650. The smallest absolute Gasteiger partial charge is 0.181 e. The van der Waals surface area contributed by atoms with Crippen molar-refractivity contribution < 1.29 is 9.50 Å². The lowest BCUT2D eigenvalue weighted by molar-refractivity contribution is 0.469. The highest BCUT2D eigenvalue weighted by molar-refractivity contribution is 5.96. The number of halogens is 1. The highest BCUT2D eigenvalue weighted by Gasteiger charge is 2.17. The summed E-state index contributed by atoms with van der Waals surface area (Å²) >= 11 is 0. The van der Waals surface area contributed by atoms with Crippen LogP contribution in [0.5, 0.6) is 5.75 Å². The van der Waals surface area contributed by atoms with Crippen molar-refractivity contribution in [2.24, 2.45) is 0 Å². The average molecular weight is 437 g/mol. The molecule has 0 bridgehead atoms. The second kappa shape index (κ2) is 7.20. The Morgan fingerprint density at radius 1 is 0.909 bits per heavy atom. The topological polar surface area (TPSA) is 116 Å². The van der Waals surface area contributed by atoms with E-state index in [0.717, 1.165) is 28.1 Å². The van der Waals surface area contributed by atoms with Gasteiger partial charge in [0.25, 0.3) is 0 Å². The molecule has 0 unspecified atom stereocenters. The van der Waals surface area contributed by atoms with Gasteiger partial charge in [-0.25, -0.2) is 19.3 Å². The van der Waals surface area contributed by atoms with Crippen molar-refractivity contribution in [2.75, 3.05) is 0 Å². The van der Waals surface area contributed by atoms with Gasteiger partial charge in [-0.1, -0.05) is 0 Å². The summed E-state index contributed by atoms with van der Waals surface area (Å²) in [6, 6.07) is 9.60. The predicted molar refractivity (Wildman–Crippen MR) is 122 cm³/mol. The van der Waals surface area contributed by atoms with Crippen LogP contribution >= 0.6 is 0 Å². The second-order valence-corrected chi connectivity index (χ2v) is 7.72. The number of pyridine rings is 3. The average Bonchev–Trinajstić information content (AvgIpc) is 3.42. The molecule has 0 radical (unpaired) electrons. The Morgan fingerprint density at radius 2 is 1.82 bits per heavy atom. The third-order valence-corrected chi connectivity index (χ3v) is 5.58. The lowest BCUT2D eigenvalue weighted by Gasteiger charge is -2.05. The highest BCUT2D eigenvalue weighted by Crippen LogP contribution is 2.33. The molecular weight excluding hydrogens is 421 g/mol. The predicted octanol–water partition coefficient (Wildman–Crippen LogP) is 4.78. The van der Waals surface area contributed by atoms with Crippen molar-refractivity contribution in [1.82, 2.24) is 35.1 Å². The number of benzene rings is 1. The van der Waals surface area contributed by atoms with Crippen molar-refractivity contribution in [3.05, 3.63) is 72.6 Å². The summed E-state index contributed by atoms with van der Waals surface area (Å²) in [5.74, 6) is -0.160. The van der Waals surface area contributed by atoms with Crippen LogP contribution in [-0.4, -0.2) is 40.2 Å². The molecule has 0 aliphatic rings. The molecule has 9 heteroatoms. The largest absolute Gasteiger partial charge is 0.508 e. The molecule has 1 aromatic carbocycles. The zero-order valence-corrected chi connectivity index (χ0v) is 17.3. The summed E-state index contributed by atoms with van der Waals surface area (Å²) in [7, 11) is 0. The monoisotopic (exact) mass is 437 g/mol. The first-order valence-electron chi connectivity index (χ1n) is 10.2. The van der Waals surface area contributed by atoms with Crippen LogP contribution in [0.4, 0.5) is 4.39 Å². The normalized spacial score (nSPS) is 11.5. The van der Waals surface area contributed by atoms with Crippen LogP contribution in [0.1, 0.15) is 5.56 Å². The van der Waals surface area contributed by atoms with Crippen LogP contribution in [0, 0.1) is 12.7 Å². The van der Waals surface area contributed by atoms with E-state index < -0.39 is 5.82 Å². The SMILES string of the molecule is Cc1ccncc1-c1cnc2n[nH]c(-c3nc4nccc(-c5cc(O)cc(F)c5)c4[nH]3)c2c1. The number of aromatic hydroxyl groups is 1. The minimum absolute atomic E-state index is 0.154. The number of phenols is 1. The molecule has 0 aliphatic carbocycles. The standard InChI is InChI=1S/C24H16FN7O/c1-12-2-4-26-11-19(12)14-8-18-21(31-32-22(18)28-10-14)24-29-20-17(3-5-27-23(20)30-24)13-6-15(25)9-16(33)7-13/h2-11,33H,1H3,(H,27,29,30)(H,28,31,32). The van der Waals surface area contributed by atoms with Gasteiger partial charge in [-0.15, -0.1) is 0 Å². The first kappa shape index (κ1) is 19.1. The molecule has 6 rings (SSSR count). The first-order valence-corrected chi connectivity index (χ1v) is 10.2. The zero-order valence-electron chi connectivity index (χ0n) is 17.3. The number of H-pyrrole nitrogens is 2. The van der Waals surface area contributed by atoms with Gasteiger partial charge in [-0.3, -0.25) is 10.1 Å². The van der Waals surface area contributed by atoms with Gasteiger partial charge in [0.15, 0.2) is 17.1 Å². The van der Waals surface area contributed by atoms with E-state index in [0.29, 0.717) is 39.5 Å². The molecular formula is C24H16FN7O. The van der Waals surface area contributed by atoms with Crippen molar-refractivity contribution in [1.29, 1.82) is 0 Å². The summed E-state index contributed by atoms with van der Waals surface area (Å²) in [4.78, 5) is 21.0. The van der Waals surface area contributed by atoms with Crippen molar-refractivity contribution >= 4 is 22.2 Å². The van der Waals surface area contributed by atoms with Gasteiger partial charge >= 0.3 is 0 Å². The number of fused-ring (bicyclic) bond motifs is 2. The van der Waals surface area contributed by atoms with Crippen LogP contribution in [-0.2, 0) is 0 Å². The summed E-state index contributed by atoms with van der Waals surface area (Å²) in [5.41, 5.74) is 6.47. The summed E-state index contributed by atoms with van der Waals surface area (Å²) in [6.07, 6.45) is 6.93. The Balaban J connectivity index is 1.52. The minimum Gasteiger partial charge on any atom is -0.508 e. The molecule has 33 heavy (non-hydrogen) atoms. The Morgan fingerprint density at radius 3 is 2.67 bits per heavy atom. The molecule has 160 valence electrons. The number of aromatic amines is 2. The van der Waals surface area contributed by atoms with Gasteiger partial charge in [0.1, 0.15) is 17.3 Å². The van der Waals surface area contributed by atoms with Crippen LogP contribution in [0.25, 0.3) is 56.0 Å². The fourth-order valence-corrected chi connectivity index (χ4v) is 3.99. The molecule has 0 aliphatic heterocycles. The van der Waals surface area contributed by atoms with E-state index in [2.05, 4.69) is 35.1 Å². The lowest BCUT2D eigenvalue weighted by atomic mass is 10.0. The quantitative estimate of drug-likeness (QED) is 0.367. The summed E-state index contributed by atoms with van der Waals surface area (Å²) < 4.78 is 13.9.